The summed E-state index contributed by atoms with van der Waals surface area (Å²) in [6.45, 7) is 4.70. The third-order valence-corrected chi connectivity index (χ3v) is 12.1. The molecule has 0 aliphatic carbocycles. The molecule has 11 rings (SSSR count). The number of benzene rings is 10. The predicted molar refractivity (Wildman–Crippen MR) is 237 cm³/mol. The summed E-state index contributed by atoms with van der Waals surface area (Å²) < 4.78 is 7.51. The van der Waals surface area contributed by atoms with E-state index in [-0.39, 0.29) is 5.41 Å². The van der Waals surface area contributed by atoms with E-state index in [0.717, 1.165) is 22.6 Å². The van der Waals surface area contributed by atoms with Crippen LogP contribution in [0, 0.1) is 0 Å². The van der Waals surface area contributed by atoms with Gasteiger partial charge in [0.25, 0.3) is 0 Å². The van der Waals surface area contributed by atoms with Crippen molar-refractivity contribution in [3.8, 4) is 56.0 Å². The first-order valence-electron chi connectivity index (χ1n) is 19.5. The molecule has 0 aromatic heterocycles. The Morgan fingerprint density at radius 2 is 0.571 bits per heavy atom. The SMILES string of the molecule is CC1(C)c2cccc(-c3c4ccccc4c(-c4ccccc4)c4ccccc34)c2Oc2c(-c3c4ccccc4c(-c4ccccc4)c4ccccc34)cccc21. The summed E-state index contributed by atoms with van der Waals surface area (Å²) in [6, 6.07) is 70.6. The summed E-state index contributed by atoms with van der Waals surface area (Å²) in [5.41, 5.74) is 11.6. The van der Waals surface area contributed by atoms with E-state index in [1.54, 1.807) is 0 Å². The highest BCUT2D eigenvalue weighted by Gasteiger charge is 2.38. The molecule has 0 fully saturated rings. The van der Waals surface area contributed by atoms with Gasteiger partial charge in [-0.3, -0.25) is 0 Å². The van der Waals surface area contributed by atoms with E-state index in [1.807, 2.05) is 0 Å². The molecule has 1 heteroatoms. The number of para-hydroxylation sites is 2. The van der Waals surface area contributed by atoms with E-state index < -0.39 is 0 Å². The van der Waals surface area contributed by atoms with Gasteiger partial charge >= 0.3 is 0 Å². The molecule has 0 unspecified atom stereocenters. The van der Waals surface area contributed by atoms with Gasteiger partial charge in [0, 0.05) is 38.8 Å². The van der Waals surface area contributed by atoms with Gasteiger partial charge in [0.05, 0.1) is 0 Å². The molecular formula is C55H38O. The average Bonchev–Trinajstić information content (AvgIpc) is 3.25. The summed E-state index contributed by atoms with van der Waals surface area (Å²) in [4.78, 5) is 0. The van der Waals surface area contributed by atoms with Crippen molar-refractivity contribution < 1.29 is 4.74 Å². The third kappa shape index (κ3) is 4.74. The topological polar surface area (TPSA) is 9.23 Å². The van der Waals surface area contributed by atoms with Gasteiger partial charge in [-0.2, -0.15) is 0 Å². The van der Waals surface area contributed by atoms with Crippen LogP contribution in [0.4, 0.5) is 0 Å². The van der Waals surface area contributed by atoms with Crippen LogP contribution in [0.2, 0.25) is 0 Å². The summed E-state index contributed by atoms with van der Waals surface area (Å²) in [5.74, 6) is 1.85. The van der Waals surface area contributed by atoms with Crippen molar-refractivity contribution in [3.63, 3.8) is 0 Å². The zero-order valence-corrected chi connectivity index (χ0v) is 31.4. The van der Waals surface area contributed by atoms with Gasteiger partial charge in [0.1, 0.15) is 11.5 Å². The van der Waals surface area contributed by atoms with E-state index in [0.29, 0.717) is 0 Å². The van der Waals surface area contributed by atoms with Crippen molar-refractivity contribution >= 4 is 43.1 Å². The zero-order chi connectivity index (χ0) is 37.4. The Balaban J connectivity index is 1.20. The van der Waals surface area contributed by atoms with Crippen molar-refractivity contribution in [2.75, 3.05) is 0 Å². The molecule has 1 nitrogen and oxygen atoms in total. The molecular weight excluding hydrogens is 677 g/mol. The molecule has 0 bridgehead atoms. The second-order valence-electron chi connectivity index (χ2n) is 15.5. The Kier molecular flexibility index (Phi) is 7.28. The molecule has 0 amide bonds. The van der Waals surface area contributed by atoms with Crippen LogP contribution in [-0.2, 0) is 5.41 Å². The third-order valence-electron chi connectivity index (χ3n) is 12.1. The Bertz CT molecular complexity index is 2840. The predicted octanol–water partition coefficient (Wildman–Crippen LogP) is 15.4. The molecule has 0 atom stereocenters. The minimum Gasteiger partial charge on any atom is -0.455 e. The molecule has 0 spiro atoms. The summed E-state index contributed by atoms with van der Waals surface area (Å²) >= 11 is 0. The highest BCUT2D eigenvalue weighted by molar-refractivity contribution is 6.23. The molecule has 0 saturated heterocycles. The second kappa shape index (κ2) is 12.5. The molecule has 0 saturated carbocycles. The van der Waals surface area contributed by atoms with E-state index in [4.69, 9.17) is 4.74 Å². The van der Waals surface area contributed by atoms with Crippen LogP contribution in [0.1, 0.15) is 25.0 Å². The van der Waals surface area contributed by atoms with Gasteiger partial charge in [-0.05, 0) is 65.3 Å². The Morgan fingerprint density at radius 1 is 0.286 bits per heavy atom. The van der Waals surface area contributed by atoms with Crippen LogP contribution in [0.15, 0.2) is 194 Å². The van der Waals surface area contributed by atoms with Gasteiger partial charge in [-0.25, -0.2) is 0 Å². The van der Waals surface area contributed by atoms with Crippen molar-refractivity contribution in [1.82, 2.24) is 0 Å². The van der Waals surface area contributed by atoms with Gasteiger partial charge in [0.15, 0.2) is 0 Å². The molecule has 1 aliphatic rings. The lowest BCUT2D eigenvalue weighted by atomic mass is 9.73. The normalized spacial score (nSPS) is 13.1. The fourth-order valence-corrected chi connectivity index (χ4v) is 9.59. The molecule has 10 aromatic rings. The van der Waals surface area contributed by atoms with Crippen molar-refractivity contribution in [1.29, 1.82) is 0 Å². The summed E-state index contributed by atoms with van der Waals surface area (Å²) in [6.07, 6.45) is 0. The first kappa shape index (κ1) is 32.5. The van der Waals surface area contributed by atoms with Gasteiger partial charge < -0.3 is 4.74 Å². The molecule has 0 radical (unpaired) electrons. The van der Waals surface area contributed by atoms with Crippen LogP contribution in [0.5, 0.6) is 11.5 Å². The van der Waals surface area contributed by atoms with Crippen LogP contribution in [0.25, 0.3) is 87.6 Å². The Labute approximate surface area is 327 Å². The standard InChI is InChI=1S/C55H38O/c1-55(2)47-33-17-31-45(51-41-27-13-9-23-37(41)49(35-19-5-3-6-20-35)38-24-10-14-28-42(38)51)53(47)56-54-46(32-18-34-48(54)55)52-43-29-15-11-25-39(43)50(36-21-7-4-8-22-36)40-26-12-16-30-44(40)52/h3-34H,1-2H3. The Hall–Kier alpha value is -6.96. The highest BCUT2D eigenvalue weighted by atomic mass is 16.5. The van der Waals surface area contributed by atoms with Crippen molar-refractivity contribution in [2.45, 2.75) is 19.3 Å². The average molecular weight is 715 g/mol. The lowest BCUT2D eigenvalue weighted by Gasteiger charge is -2.37. The van der Waals surface area contributed by atoms with Crippen molar-refractivity contribution in [2.24, 2.45) is 0 Å². The molecule has 0 N–H and O–H groups in total. The monoisotopic (exact) mass is 714 g/mol. The van der Waals surface area contributed by atoms with Gasteiger partial charge in [-0.1, -0.05) is 208 Å². The Morgan fingerprint density at radius 3 is 0.893 bits per heavy atom. The maximum Gasteiger partial charge on any atom is 0.139 e. The lowest BCUT2D eigenvalue weighted by Crippen LogP contribution is -2.25. The molecule has 56 heavy (non-hydrogen) atoms. The van der Waals surface area contributed by atoms with Gasteiger partial charge in [-0.15, -0.1) is 0 Å². The quantitative estimate of drug-likeness (QED) is 0.165. The minimum atomic E-state index is -0.333. The van der Waals surface area contributed by atoms with E-state index in [2.05, 4.69) is 208 Å². The fourth-order valence-electron chi connectivity index (χ4n) is 9.59. The van der Waals surface area contributed by atoms with E-state index in [9.17, 15) is 0 Å². The maximum atomic E-state index is 7.51. The largest absolute Gasteiger partial charge is 0.455 e. The molecule has 1 aliphatic heterocycles. The zero-order valence-electron chi connectivity index (χ0n) is 31.4. The van der Waals surface area contributed by atoms with Gasteiger partial charge in [0.2, 0.25) is 0 Å². The number of ether oxygens (including phenoxy) is 1. The number of rotatable bonds is 4. The van der Waals surface area contributed by atoms with Crippen LogP contribution < -0.4 is 4.74 Å². The first-order chi connectivity index (χ1) is 27.6. The number of fused-ring (bicyclic) bond motifs is 6. The summed E-state index contributed by atoms with van der Waals surface area (Å²) in [7, 11) is 0. The summed E-state index contributed by atoms with van der Waals surface area (Å²) in [5, 5.41) is 9.80. The molecule has 10 aromatic carbocycles. The fraction of sp³-hybridized carbons (Fsp3) is 0.0545. The smallest absolute Gasteiger partial charge is 0.139 e. The van der Waals surface area contributed by atoms with Crippen LogP contribution in [0.3, 0.4) is 0 Å². The number of hydrogen-bond donors (Lipinski definition) is 0. The lowest BCUT2D eigenvalue weighted by molar-refractivity contribution is 0.421. The van der Waals surface area contributed by atoms with Crippen molar-refractivity contribution in [3.05, 3.63) is 205 Å². The minimum absolute atomic E-state index is 0.333. The van der Waals surface area contributed by atoms with Crippen LogP contribution in [-0.4, -0.2) is 0 Å². The van der Waals surface area contributed by atoms with E-state index >= 15 is 0 Å². The van der Waals surface area contributed by atoms with Crippen LogP contribution >= 0.6 is 0 Å². The highest BCUT2D eigenvalue weighted by Crippen LogP contribution is 2.57. The molecule has 1 heterocycles. The second-order valence-corrected chi connectivity index (χ2v) is 15.5. The molecule has 264 valence electrons. The van der Waals surface area contributed by atoms with E-state index in [1.165, 1.54) is 87.6 Å². The maximum absolute atomic E-state index is 7.51. The first-order valence-corrected chi connectivity index (χ1v) is 19.5. The number of hydrogen-bond acceptors (Lipinski definition) is 1.